The Bertz CT molecular complexity index is 624. The van der Waals surface area contributed by atoms with E-state index >= 15 is 0 Å². The van der Waals surface area contributed by atoms with Crippen molar-refractivity contribution in [1.82, 2.24) is 4.98 Å². The minimum Gasteiger partial charge on any atom is -0.328 e. The largest absolute Gasteiger partial charge is 0.328 e. The maximum Gasteiger partial charge on any atom is 0.0989 e. The van der Waals surface area contributed by atoms with E-state index in [9.17, 15) is 0 Å². The van der Waals surface area contributed by atoms with Crippen molar-refractivity contribution in [3.8, 4) is 0 Å². The molecule has 0 fully saturated rings. The Kier molecular flexibility index (Phi) is 3.18. The third-order valence-electron chi connectivity index (χ3n) is 3.65. The molecule has 1 aliphatic heterocycles. The van der Waals surface area contributed by atoms with Crippen LogP contribution >= 0.6 is 0 Å². The Morgan fingerprint density at radius 2 is 1.50 bits per heavy atom. The summed E-state index contributed by atoms with van der Waals surface area (Å²) in [6.45, 7) is 7.35. The lowest BCUT2D eigenvalue weighted by molar-refractivity contribution is 0.962. The average molecular weight is 265 g/mol. The summed E-state index contributed by atoms with van der Waals surface area (Å²) in [5, 5.41) is 0. The van der Waals surface area contributed by atoms with Crippen LogP contribution in [0, 0.1) is 20.8 Å². The molecule has 0 aliphatic carbocycles. The quantitative estimate of drug-likeness (QED) is 0.824. The number of nitrogens with zero attached hydrogens (tertiary/aromatic N) is 3. The van der Waals surface area contributed by atoms with E-state index in [0.717, 1.165) is 6.67 Å². The minimum absolute atomic E-state index is 0.842. The molecule has 3 nitrogen and oxygen atoms in total. The first-order chi connectivity index (χ1) is 9.65. The van der Waals surface area contributed by atoms with Crippen LogP contribution in [0.15, 0.2) is 49.1 Å². The van der Waals surface area contributed by atoms with E-state index in [4.69, 9.17) is 0 Å². The van der Waals surface area contributed by atoms with Gasteiger partial charge in [-0.3, -0.25) is 4.98 Å². The Balaban J connectivity index is 1.87. The number of anilines is 2. The molecule has 0 spiro atoms. The van der Waals surface area contributed by atoms with Crippen molar-refractivity contribution in [3.63, 3.8) is 0 Å². The van der Waals surface area contributed by atoms with Gasteiger partial charge in [0.2, 0.25) is 0 Å². The number of aromatic nitrogens is 1. The maximum absolute atomic E-state index is 4.07. The van der Waals surface area contributed by atoms with Gasteiger partial charge in [-0.05, 0) is 44.0 Å². The second kappa shape index (κ2) is 5.00. The van der Waals surface area contributed by atoms with E-state index in [-0.39, 0.29) is 0 Å². The molecule has 3 rings (SSSR count). The second-order valence-electron chi connectivity index (χ2n) is 5.33. The summed E-state index contributed by atoms with van der Waals surface area (Å²) < 4.78 is 0. The Morgan fingerprint density at radius 3 is 2.15 bits per heavy atom. The van der Waals surface area contributed by atoms with E-state index in [1.165, 1.54) is 28.1 Å². The van der Waals surface area contributed by atoms with Crippen molar-refractivity contribution < 1.29 is 0 Å². The first kappa shape index (κ1) is 12.7. The molecule has 0 saturated heterocycles. The molecule has 1 aromatic carbocycles. The van der Waals surface area contributed by atoms with Crippen molar-refractivity contribution in [1.29, 1.82) is 0 Å². The fourth-order valence-electron chi connectivity index (χ4n) is 2.89. The maximum atomic E-state index is 4.07. The number of benzene rings is 1. The lowest BCUT2D eigenvalue weighted by Gasteiger charge is -2.24. The van der Waals surface area contributed by atoms with Crippen LogP contribution in [0.4, 0.5) is 11.4 Å². The van der Waals surface area contributed by atoms with Gasteiger partial charge in [-0.1, -0.05) is 17.7 Å². The van der Waals surface area contributed by atoms with E-state index in [1.807, 2.05) is 24.5 Å². The van der Waals surface area contributed by atoms with Crippen molar-refractivity contribution in [2.45, 2.75) is 20.8 Å². The fraction of sp³-hybridized carbons (Fsp3) is 0.235. The van der Waals surface area contributed by atoms with Crippen LogP contribution in [0.5, 0.6) is 0 Å². The summed E-state index contributed by atoms with van der Waals surface area (Å²) in [5.41, 5.74) is 6.44. The predicted molar refractivity (Wildman–Crippen MR) is 83.9 cm³/mol. The molecule has 2 aromatic rings. The fourth-order valence-corrected chi connectivity index (χ4v) is 2.89. The third-order valence-corrected chi connectivity index (χ3v) is 3.65. The average Bonchev–Trinajstić information content (AvgIpc) is 2.88. The van der Waals surface area contributed by atoms with Gasteiger partial charge in [0.05, 0.1) is 6.67 Å². The van der Waals surface area contributed by atoms with E-state index in [2.05, 4.69) is 60.1 Å². The number of hydrogen-bond donors (Lipinski definition) is 0. The van der Waals surface area contributed by atoms with E-state index in [0.29, 0.717) is 0 Å². The summed E-state index contributed by atoms with van der Waals surface area (Å²) in [4.78, 5) is 8.59. The zero-order chi connectivity index (χ0) is 14.1. The molecule has 102 valence electrons. The Labute approximate surface area is 120 Å². The molecule has 20 heavy (non-hydrogen) atoms. The molecule has 1 aromatic heterocycles. The van der Waals surface area contributed by atoms with Crippen LogP contribution in [0.1, 0.15) is 16.7 Å². The zero-order valence-corrected chi connectivity index (χ0v) is 12.2. The summed E-state index contributed by atoms with van der Waals surface area (Å²) in [6, 6.07) is 8.54. The van der Waals surface area contributed by atoms with Gasteiger partial charge in [0.15, 0.2) is 0 Å². The van der Waals surface area contributed by atoms with Crippen LogP contribution in [-0.4, -0.2) is 11.7 Å². The smallest absolute Gasteiger partial charge is 0.0989 e. The molecular weight excluding hydrogens is 246 g/mol. The Hall–Kier alpha value is -2.29. The molecule has 0 unspecified atom stereocenters. The van der Waals surface area contributed by atoms with Crippen molar-refractivity contribution >= 4 is 11.4 Å². The summed E-state index contributed by atoms with van der Waals surface area (Å²) >= 11 is 0. The van der Waals surface area contributed by atoms with Crippen molar-refractivity contribution in [3.05, 3.63) is 65.7 Å². The monoisotopic (exact) mass is 265 g/mol. The summed E-state index contributed by atoms with van der Waals surface area (Å²) in [5.74, 6) is 0. The molecule has 0 atom stereocenters. The summed E-state index contributed by atoms with van der Waals surface area (Å²) in [6.07, 6.45) is 7.92. The summed E-state index contributed by atoms with van der Waals surface area (Å²) in [7, 11) is 0. The van der Waals surface area contributed by atoms with Crippen LogP contribution in [0.2, 0.25) is 0 Å². The molecule has 0 amide bonds. The highest BCUT2D eigenvalue weighted by Crippen LogP contribution is 2.30. The van der Waals surface area contributed by atoms with Crippen LogP contribution in [0.3, 0.4) is 0 Å². The van der Waals surface area contributed by atoms with Gasteiger partial charge in [0, 0.05) is 36.2 Å². The van der Waals surface area contributed by atoms with E-state index < -0.39 is 0 Å². The van der Waals surface area contributed by atoms with Crippen LogP contribution in [-0.2, 0) is 0 Å². The predicted octanol–water partition coefficient (Wildman–Crippen LogP) is 3.76. The number of hydrogen-bond acceptors (Lipinski definition) is 3. The molecule has 3 heteroatoms. The normalized spacial score (nSPS) is 14.2. The van der Waals surface area contributed by atoms with Gasteiger partial charge in [0.25, 0.3) is 0 Å². The van der Waals surface area contributed by atoms with E-state index in [1.54, 1.807) is 0 Å². The second-order valence-corrected chi connectivity index (χ2v) is 5.33. The highest BCUT2D eigenvalue weighted by atomic mass is 15.3. The molecule has 0 bridgehead atoms. The molecular formula is C17H19N3. The highest BCUT2D eigenvalue weighted by Gasteiger charge is 2.18. The minimum atomic E-state index is 0.842. The van der Waals surface area contributed by atoms with Gasteiger partial charge in [-0.2, -0.15) is 0 Å². The molecule has 0 radical (unpaired) electrons. The zero-order valence-electron chi connectivity index (χ0n) is 12.2. The standard InChI is InChI=1S/C17H19N3/c1-13-10-14(2)17(15(3)11-13)20-9-8-19(12-20)16-4-6-18-7-5-16/h4-11H,12H2,1-3H3. The van der Waals surface area contributed by atoms with Gasteiger partial charge < -0.3 is 9.80 Å². The SMILES string of the molecule is Cc1cc(C)c(N2C=CN(c3ccncc3)C2)c(C)c1. The first-order valence-corrected chi connectivity index (χ1v) is 6.84. The van der Waals surface area contributed by atoms with Crippen molar-refractivity contribution in [2.24, 2.45) is 0 Å². The lowest BCUT2D eigenvalue weighted by Crippen LogP contribution is -2.25. The highest BCUT2D eigenvalue weighted by molar-refractivity contribution is 5.65. The van der Waals surface area contributed by atoms with Crippen LogP contribution in [0.25, 0.3) is 0 Å². The molecule has 2 heterocycles. The number of pyridine rings is 1. The first-order valence-electron chi connectivity index (χ1n) is 6.84. The van der Waals surface area contributed by atoms with Crippen molar-refractivity contribution in [2.75, 3.05) is 16.5 Å². The van der Waals surface area contributed by atoms with Gasteiger partial charge in [0.1, 0.15) is 0 Å². The molecule has 0 saturated carbocycles. The van der Waals surface area contributed by atoms with Gasteiger partial charge in [-0.15, -0.1) is 0 Å². The van der Waals surface area contributed by atoms with Crippen LogP contribution < -0.4 is 9.80 Å². The van der Waals surface area contributed by atoms with Gasteiger partial charge in [-0.25, -0.2) is 0 Å². The topological polar surface area (TPSA) is 19.4 Å². The lowest BCUT2D eigenvalue weighted by atomic mass is 10.0. The molecule has 1 aliphatic rings. The number of rotatable bonds is 2. The Morgan fingerprint density at radius 1 is 0.900 bits per heavy atom. The third kappa shape index (κ3) is 2.27. The number of aryl methyl sites for hydroxylation is 3. The van der Waals surface area contributed by atoms with Gasteiger partial charge >= 0.3 is 0 Å². The molecule has 0 N–H and O–H groups in total.